The number of benzene rings is 1. The molecule has 11 heteroatoms. The number of carbonyl (C=O) groups excluding carboxylic acids is 3. The Balaban J connectivity index is 1.35. The smallest absolute Gasteiger partial charge is 0.341 e. The minimum absolute atomic E-state index is 0.102. The lowest BCUT2D eigenvalue weighted by Gasteiger charge is -2.07. The molecule has 172 valence electrons. The van der Waals surface area contributed by atoms with E-state index < -0.39 is 5.97 Å². The van der Waals surface area contributed by atoms with Crippen LogP contribution < -0.4 is 10.6 Å². The molecule has 0 radical (unpaired) electrons. The van der Waals surface area contributed by atoms with Gasteiger partial charge in [0.25, 0.3) is 5.91 Å². The minimum Gasteiger partial charge on any atom is -0.462 e. The monoisotopic (exact) mass is 502 g/mol. The molecule has 0 bridgehead atoms. The van der Waals surface area contributed by atoms with Crippen LogP contribution in [0.1, 0.15) is 50.1 Å². The first-order valence-corrected chi connectivity index (χ1v) is 13.0. The van der Waals surface area contributed by atoms with E-state index in [0.29, 0.717) is 25.6 Å². The number of amides is 2. The number of hydrogen-bond acceptors (Lipinski definition) is 9. The van der Waals surface area contributed by atoms with Gasteiger partial charge in [-0.2, -0.15) is 0 Å². The number of ether oxygens (including phenoxy) is 1. The third-order valence-corrected chi connectivity index (χ3v) is 8.18. The molecule has 3 aromatic rings. The van der Waals surface area contributed by atoms with Crippen molar-refractivity contribution in [1.82, 2.24) is 10.2 Å². The fourth-order valence-electron chi connectivity index (χ4n) is 3.51. The molecule has 1 aliphatic carbocycles. The van der Waals surface area contributed by atoms with Gasteiger partial charge in [-0.15, -0.1) is 21.5 Å². The fourth-order valence-corrected chi connectivity index (χ4v) is 6.35. The van der Waals surface area contributed by atoms with Gasteiger partial charge in [0, 0.05) is 10.4 Å². The summed E-state index contributed by atoms with van der Waals surface area (Å²) < 4.78 is 5.76. The lowest BCUT2D eigenvalue weighted by Crippen LogP contribution is -2.16. The van der Waals surface area contributed by atoms with E-state index in [1.54, 1.807) is 19.1 Å². The molecule has 33 heavy (non-hydrogen) atoms. The number of anilines is 2. The second kappa shape index (κ2) is 10.4. The summed E-state index contributed by atoms with van der Waals surface area (Å²) in [6, 6.07) is 7.29. The van der Waals surface area contributed by atoms with E-state index in [4.69, 9.17) is 4.74 Å². The second-order valence-corrected chi connectivity index (χ2v) is 10.6. The molecular weight excluding hydrogens is 480 g/mol. The molecule has 1 aliphatic rings. The van der Waals surface area contributed by atoms with Crippen LogP contribution in [0.25, 0.3) is 0 Å². The van der Waals surface area contributed by atoms with Crippen molar-refractivity contribution < 1.29 is 19.1 Å². The van der Waals surface area contributed by atoms with Gasteiger partial charge in [-0.05, 0) is 50.3 Å². The summed E-state index contributed by atoms with van der Waals surface area (Å²) in [6.45, 7) is 3.91. The van der Waals surface area contributed by atoms with Gasteiger partial charge in [-0.1, -0.05) is 41.3 Å². The number of carbonyl (C=O) groups is 3. The molecule has 2 amide bonds. The Bertz CT molecular complexity index is 1200. The van der Waals surface area contributed by atoms with E-state index >= 15 is 0 Å². The number of rotatable bonds is 8. The molecule has 2 heterocycles. The number of nitrogens with zero attached hydrogens (tertiary/aromatic N) is 2. The minimum atomic E-state index is -0.391. The van der Waals surface area contributed by atoms with Crippen LogP contribution in [0.15, 0.2) is 28.6 Å². The summed E-state index contributed by atoms with van der Waals surface area (Å²) in [4.78, 5) is 38.6. The molecule has 0 spiro atoms. The normalized spacial score (nSPS) is 12.3. The highest BCUT2D eigenvalue weighted by Crippen LogP contribution is 2.39. The van der Waals surface area contributed by atoms with Crippen LogP contribution in [0, 0.1) is 6.92 Å². The second-order valence-electron chi connectivity index (χ2n) is 7.26. The Morgan fingerprint density at radius 3 is 2.73 bits per heavy atom. The summed E-state index contributed by atoms with van der Waals surface area (Å²) in [6.07, 6.45) is 2.75. The maximum atomic E-state index is 12.6. The first kappa shape index (κ1) is 23.4. The van der Waals surface area contributed by atoms with Gasteiger partial charge in [0.15, 0.2) is 4.34 Å². The summed E-state index contributed by atoms with van der Waals surface area (Å²) in [7, 11) is 0. The SMILES string of the molecule is CCOC(=O)c1c(NC(=O)CSc2nnc(NC(=O)c3ccccc3C)s2)sc2c1CCC2. The summed E-state index contributed by atoms with van der Waals surface area (Å²) in [5, 5.41) is 14.5. The van der Waals surface area contributed by atoms with Crippen LogP contribution in [0.4, 0.5) is 10.1 Å². The average Bonchev–Trinajstić information content (AvgIpc) is 3.49. The molecule has 0 fully saturated rings. The molecule has 0 aliphatic heterocycles. The van der Waals surface area contributed by atoms with Gasteiger partial charge in [-0.3, -0.25) is 14.9 Å². The molecule has 1 aromatic carbocycles. The lowest BCUT2D eigenvalue weighted by atomic mass is 10.1. The van der Waals surface area contributed by atoms with E-state index in [0.717, 1.165) is 35.3 Å². The molecule has 0 saturated heterocycles. The number of aromatic nitrogens is 2. The first-order chi connectivity index (χ1) is 16.0. The van der Waals surface area contributed by atoms with E-state index in [1.165, 1.54) is 34.4 Å². The van der Waals surface area contributed by atoms with Crippen LogP contribution in [0.2, 0.25) is 0 Å². The molecule has 0 saturated carbocycles. The van der Waals surface area contributed by atoms with Gasteiger partial charge in [0.2, 0.25) is 11.0 Å². The highest BCUT2D eigenvalue weighted by Gasteiger charge is 2.28. The van der Waals surface area contributed by atoms with Gasteiger partial charge in [-0.25, -0.2) is 4.79 Å². The molecular formula is C22H22N4O4S3. The largest absolute Gasteiger partial charge is 0.462 e. The van der Waals surface area contributed by atoms with Gasteiger partial charge >= 0.3 is 5.97 Å². The highest BCUT2D eigenvalue weighted by molar-refractivity contribution is 8.01. The van der Waals surface area contributed by atoms with E-state index in [-0.39, 0.29) is 24.2 Å². The lowest BCUT2D eigenvalue weighted by molar-refractivity contribution is -0.113. The van der Waals surface area contributed by atoms with Gasteiger partial charge < -0.3 is 10.1 Å². The fraction of sp³-hybridized carbons (Fsp3) is 0.318. The molecule has 2 aromatic heterocycles. The van der Waals surface area contributed by atoms with Crippen molar-refractivity contribution in [3.05, 3.63) is 51.4 Å². The van der Waals surface area contributed by atoms with Gasteiger partial charge in [0.1, 0.15) is 5.00 Å². The molecule has 4 rings (SSSR count). The van der Waals surface area contributed by atoms with Crippen molar-refractivity contribution in [3.63, 3.8) is 0 Å². The number of thiophene rings is 1. The molecule has 2 N–H and O–H groups in total. The van der Waals surface area contributed by atoms with Crippen molar-refractivity contribution in [2.75, 3.05) is 23.0 Å². The predicted molar refractivity (Wildman–Crippen MR) is 131 cm³/mol. The Labute approximate surface area is 203 Å². The highest BCUT2D eigenvalue weighted by atomic mass is 32.2. The number of nitrogens with one attached hydrogen (secondary N) is 2. The zero-order chi connectivity index (χ0) is 23.4. The predicted octanol–water partition coefficient (Wildman–Crippen LogP) is 4.56. The average molecular weight is 503 g/mol. The zero-order valence-corrected chi connectivity index (χ0v) is 20.5. The number of aryl methyl sites for hydroxylation is 2. The summed E-state index contributed by atoms with van der Waals surface area (Å²) >= 11 is 3.87. The van der Waals surface area contributed by atoms with Crippen LogP contribution in [0.5, 0.6) is 0 Å². The van der Waals surface area contributed by atoms with Crippen LogP contribution in [-0.4, -0.2) is 40.3 Å². The maximum Gasteiger partial charge on any atom is 0.341 e. The molecule has 8 nitrogen and oxygen atoms in total. The first-order valence-electron chi connectivity index (χ1n) is 10.4. The van der Waals surface area contributed by atoms with Gasteiger partial charge in [0.05, 0.1) is 17.9 Å². The number of esters is 1. The zero-order valence-electron chi connectivity index (χ0n) is 18.1. The van der Waals surface area contributed by atoms with Crippen molar-refractivity contribution >= 4 is 62.4 Å². The summed E-state index contributed by atoms with van der Waals surface area (Å²) in [5.41, 5.74) is 2.93. The third kappa shape index (κ3) is 5.43. The summed E-state index contributed by atoms with van der Waals surface area (Å²) in [5.74, 6) is -0.787. The van der Waals surface area contributed by atoms with E-state index in [1.807, 2.05) is 19.1 Å². The van der Waals surface area contributed by atoms with Crippen LogP contribution >= 0.6 is 34.4 Å². The van der Waals surface area contributed by atoms with Crippen molar-refractivity contribution in [3.8, 4) is 0 Å². The quantitative estimate of drug-likeness (QED) is 0.264. The Kier molecular flexibility index (Phi) is 7.41. The van der Waals surface area contributed by atoms with E-state index in [2.05, 4.69) is 20.8 Å². The maximum absolute atomic E-state index is 12.6. The number of fused-ring (bicyclic) bond motifs is 1. The molecule has 0 unspecified atom stereocenters. The number of hydrogen-bond donors (Lipinski definition) is 2. The Morgan fingerprint density at radius 1 is 1.12 bits per heavy atom. The molecule has 0 atom stereocenters. The third-order valence-electron chi connectivity index (χ3n) is 5.00. The topological polar surface area (TPSA) is 110 Å². The Morgan fingerprint density at radius 2 is 1.94 bits per heavy atom. The standard InChI is InChI=1S/C22H22N4O4S3/c1-3-30-20(29)17-14-9-6-10-15(14)32-19(17)23-16(27)11-31-22-26-25-21(33-22)24-18(28)13-8-5-4-7-12(13)2/h4-5,7-8H,3,6,9-11H2,1-2H3,(H,23,27)(H,24,25,28). The van der Waals surface area contributed by atoms with Crippen LogP contribution in [0.3, 0.4) is 0 Å². The van der Waals surface area contributed by atoms with Crippen LogP contribution in [-0.2, 0) is 22.4 Å². The van der Waals surface area contributed by atoms with Crippen molar-refractivity contribution in [1.29, 1.82) is 0 Å². The van der Waals surface area contributed by atoms with E-state index in [9.17, 15) is 14.4 Å². The van der Waals surface area contributed by atoms with Crippen molar-refractivity contribution in [2.24, 2.45) is 0 Å². The Hall–Kier alpha value is -2.76. The number of thioether (sulfide) groups is 1. The van der Waals surface area contributed by atoms with Crippen molar-refractivity contribution in [2.45, 2.75) is 37.4 Å².